The summed E-state index contributed by atoms with van der Waals surface area (Å²) >= 11 is 0. The molecule has 2 aromatic rings. The average molecular weight is 174 g/mol. The molecule has 0 bridgehead atoms. The van der Waals surface area contributed by atoms with E-state index in [1.54, 1.807) is 0 Å². The maximum absolute atomic E-state index is 2.22. The summed E-state index contributed by atoms with van der Waals surface area (Å²) in [6.45, 7) is 0. The Balaban J connectivity index is 0.000000562. The van der Waals surface area contributed by atoms with E-state index in [-0.39, 0.29) is 20.3 Å². The van der Waals surface area contributed by atoms with Gasteiger partial charge in [0.1, 0.15) is 0 Å². The van der Waals surface area contributed by atoms with E-state index in [1.165, 1.54) is 22.3 Å². The van der Waals surface area contributed by atoms with E-state index >= 15 is 0 Å². The SMILES string of the molecule is [H-].[Li+].c1ccc2c(c1)Cc1ccccc1-2. The van der Waals surface area contributed by atoms with Crippen LogP contribution in [0.4, 0.5) is 0 Å². The molecule has 64 valence electrons. The maximum Gasteiger partial charge on any atom is 1.00 e. The van der Waals surface area contributed by atoms with E-state index in [2.05, 4.69) is 48.5 Å². The van der Waals surface area contributed by atoms with Crippen LogP contribution in [-0.2, 0) is 6.42 Å². The van der Waals surface area contributed by atoms with Crippen LogP contribution in [0.25, 0.3) is 11.1 Å². The third-order valence-electron chi connectivity index (χ3n) is 2.71. The summed E-state index contributed by atoms with van der Waals surface area (Å²) in [5.74, 6) is 0. The first kappa shape index (κ1) is 9.59. The van der Waals surface area contributed by atoms with E-state index in [0.29, 0.717) is 0 Å². The molecule has 0 radical (unpaired) electrons. The van der Waals surface area contributed by atoms with Gasteiger partial charge in [-0.3, -0.25) is 0 Å². The van der Waals surface area contributed by atoms with Crippen LogP contribution >= 0.6 is 0 Å². The fraction of sp³-hybridized carbons (Fsp3) is 0.0769. The van der Waals surface area contributed by atoms with Gasteiger partial charge in [0, 0.05) is 0 Å². The molecule has 1 aliphatic carbocycles. The summed E-state index contributed by atoms with van der Waals surface area (Å²) < 4.78 is 0. The molecular formula is C13H11Li. The Bertz CT molecular complexity index is 422. The zero-order valence-corrected chi connectivity index (χ0v) is 8.33. The van der Waals surface area contributed by atoms with Crippen molar-refractivity contribution in [1.82, 2.24) is 0 Å². The van der Waals surface area contributed by atoms with Gasteiger partial charge in [-0.25, -0.2) is 0 Å². The van der Waals surface area contributed by atoms with Gasteiger partial charge in [0.15, 0.2) is 0 Å². The van der Waals surface area contributed by atoms with E-state index in [4.69, 9.17) is 0 Å². The van der Waals surface area contributed by atoms with Gasteiger partial charge in [-0.05, 0) is 28.7 Å². The Morgan fingerprint density at radius 2 is 1.14 bits per heavy atom. The standard InChI is InChI=1S/C13H10.Li.H/c1-3-7-12-10(5-1)9-11-6-2-4-8-13(11)12;;/h1-8H,9H2;;/q;+1;-1. The predicted molar refractivity (Wildman–Crippen MR) is 55.8 cm³/mol. The summed E-state index contributed by atoms with van der Waals surface area (Å²) in [6, 6.07) is 17.3. The van der Waals surface area contributed by atoms with Crippen LogP contribution in [0.3, 0.4) is 0 Å². The number of benzene rings is 2. The molecule has 0 unspecified atom stereocenters. The first-order valence-electron chi connectivity index (χ1n) is 4.61. The molecule has 0 nitrogen and oxygen atoms in total. The van der Waals surface area contributed by atoms with Crippen molar-refractivity contribution in [1.29, 1.82) is 0 Å². The van der Waals surface area contributed by atoms with E-state index < -0.39 is 0 Å². The molecular weight excluding hydrogens is 163 g/mol. The van der Waals surface area contributed by atoms with Crippen LogP contribution in [0.15, 0.2) is 48.5 Å². The zero-order valence-electron chi connectivity index (χ0n) is 9.33. The molecule has 1 heteroatoms. The molecule has 14 heavy (non-hydrogen) atoms. The molecule has 3 rings (SSSR count). The molecule has 0 heterocycles. The Morgan fingerprint density at radius 1 is 0.714 bits per heavy atom. The van der Waals surface area contributed by atoms with Gasteiger partial charge in [-0.1, -0.05) is 48.5 Å². The molecule has 0 atom stereocenters. The summed E-state index contributed by atoms with van der Waals surface area (Å²) in [5, 5.41) is 0. The minimum Gasteiger partial charge on any atom is -1.00 e. The minimum absolute atomic E-state index is 0. The third-order valence-corrected chi connectivity index (χ3v) is 2.71. The topological polar surface area (TPSA) is 0 Å². The molecule has 0 fully saturated rings. The number of hydrogen-bond acceptors (Lipinski definition) is 0. The first-order valence-corrected chi connectivity index (χ1v) is 4.61. The first-order chi connectivity index (χ1) is 6.45. The van der Waals surface area contributed by atoms with Crippen molar-refractivity contribution in [2.45, 2.75) is 6.42 Å². The van der Waals surface area contributed by atoms with Gasteiger partial charge in [-0.2, -0.15) is 0 Å². The predicted octanol–water partition coefficient (Wildman–Crippen LogP) is 0.374. The molecule has 0 spiro atoms. The quantitative estimate of drug-likeness (QED) is 0.432. The zero-order chi connectivity index (χ0) is 8.67. The Labute approximate surface area is 97.6 Å². The maximum atomic E-state index is 2.22. The number of fused-ring (bicyclic) bond motifs is 3. The van der Waals surface area contributed by atoms with Gasteiger partial charge in [0.05, 0.1) is 0 Å². The van der Waals surface area contributed by atoms with Crippen molar-refractivity contribution in [2.24, 2.45) is 0 Å². The summed E-state index contributed by atoms with van der Waals surface area (Å²) in [7, 11) is 0. The monoisotopic (exact) mass is 174 g/mol. The van der Waals surface area contributed by atoms with Crippen LogP contribution in [0.5, 0.6) is 0 Å². The second-order valence-electron chi connectivity index (χ2n) is 3.49. The summed E-state index contributed by atoms with van der Waals surface area (Å²) in [5.41, 5.74) is 5.75. The molecule has 0 aromatic heterocycles. The van der Waals surface area contributed by atoms with Gasteiger partial charge >= 0.3 is 18.9 Å². The van der Waals surface area contributed by atoms with Gasteiger partial charge in [-0.15, -0.1) is 0 Å². The van der Waals surface area contributed by atoms with E-state index in [0.717, 1.165) is 6.42 Å². The molecule has 0 N–H and O–H groups in total. The molecule has 0 saturated heterocycles. The van der Waals surface area contributed by atoms with Crippen molar-refractivity contribution in [3.8, 4) is 11.1 Å². The van der Waals surface area contributed by atoms with Crippen molar-refractivity contribution in [3.63, 3.8) is 0 Å². The van der Waals surface area contributed by atoms with E-state index in [1.807, 2.05) is 0 Å². The summed E-state index contributed by atoms with van der Waals surface area (Å²) in [6.07, 6.45) is 1.10. The van der Waals surface area contributed by atoms with Gasteiger partial charge in [0.2, 0.25) is 0 Å². The normalized spacial score (nSPS) is 11.4. The molecule has 1 aliphatic rings. The van der Waals surface area contributed by atoms with Crippen LogP contribution in [-0.4, -0.2) is 0 Å². The Morgan fingerprint density at radius 3 is 1.64 bits per heavy atom. The Kier molecular flexibility index (Phi) is 2.50. The second-order valence-corrected chi connectivity index (χ2v) is 3.49. The third kappa shape index (κ3) is 1.32. The fourth-order valence-corrected chi connectivity index (χ4v) is 2.08. The molecule has 0 aliphatic heterocycles. The molecule has 0 amide bonds. The number of hydrogen-bond donors (Lipinski definition) is 0. The Hall–Kier alpha value is -0.963. The summed E-state index contributed by atoms with van der Waals surface area (Å²) in [4.78, 5) is 0. The van der Waals surface area contributed by atoms with Gasteiger partial charge in [0.25, 0.3) is 0 Å². The van der Waals surface area contributed by atoms with Crippen molar-refractivity contribution < 1.29 is 20.3 Å². The van der Waals surface area contributed by atoms with Gasteiger partial charge < -0.3 is 1.43 Å². The largest absolute Gasteiger partial charge is 1.00 e. The van der Waals surface area contributed by atoms with E-state index in [9.17, 15) is 0 Å². The van der Waals surface area contributed by atoms with Crippen molar-refractivity contribution >= 4 is 0 Å². The average Bonchev–Trinajstić information content (AvgIpc) is 2.56. The van der Waals surface area contributed by atoms with Crippen LogP contribution in [0, 0.1) is 0 Å². The molecule has 0 saturated carbocycles. The second kappa shape index (κ2) is 3.65. The fourth-order valence-electron chi connectivity index (χ4n) is 2.08. The number of rotatable bonds is 0. The van der Waals surface area contributed by atoms with Crippen molar-refractivity contribution in [2.75, 3.05) is 0 Å². The van der Waals surface area contributed by atoms with Crippen LogP contribution in [0.2, 0.25) is 0 Å². The minimum atomic E-state index is 0. The van der Waals surface area contributed by atoms with Crippen LogP contribution in [0.1, 0.15) is 12.6 Å². The van der Waals surface area contributed by atoms with Crippen LogP contribution < -0.4 is 18.9 Å². The molecule has 2 aromatic carbocycles. The van der Waals surface area contributed by atoms with Crippen molar-refractivity contribution in [3.05, 3.63) is 59.7 Å². The smallest absolute Gasteiger partial charge is 1.00 e.